The van der Waals surface area contributed by atoms with Crippen LogP contribution in [0.15, 0.2) is 4.99 Å². The lowest BCUT2D eigenvalue weighted by molar-refractivity contribution is 0.0258. The molecule has 0 spiro atoms. The van der Waals surface area contributed by atoms with Crippen LogP contribution >= 0.6 is 24.0 Å². The molecule has 0 rings (SSSR count). The molecule has 0 aliphatic rings. The topological polar surface area (TPSA) is 54.9 Å². The van der Waals surface area contributed by atoms with Gasteiger partial charge in [-0.05, 0) is 38.5 Å². The summed E-state index contributed by atoms with van der Waals surface area (Å²) >= 11 is 0. The summed E-state index contributed by atoms with van der Waals surface area (Å²) in [6, 6.07) is 0. The Morgan fingerprint density at radius 3 is 2.32 bits per heavy atom. The molecular formula is C16H36IN3O2. The molecule has 0 heterocycles. The highest BCUT2D eigenvalue weighted by atomic mass is 127. The summed E-state index contributed by atoms with van der Waals surface area (Å²) in [5, 5.41) is 6.69. The van der Waals surface area contributed by atoms with Crippen LogP contribution in [0.2, 0.25) is 0 Å². The Morgan fingerprint density at radius 2 is 1.77 bits per heavy atom. The van der Waals surface area contributed by atoms with Crippen molar-refractivity contribution < 1.29 is 9.47 Å². The molecule has 0 aromatic carbocycles. The maximum Gasteiger partial charge on any atom is 0.190 e. The van der Waals surface area contributed by atoms with Gasteiger partial charge in [0.15, 0.2) is 5.96 Å². The lowest BCUT2D eigenvalue weighted by Crippen LogP contribution is -2.39. The van der Waals surface area contributed by atoms with E-state index in [0.29, 0.717) is 12.0 Å². The number of hydrogen-bond acceptors (Lipinski definition) is 3. The molecule has 6 heteroatoms. The monoisotopic (exact) mass is 429 g/mol. The van der Waals surface area contributed by atoms with Crippen molar-refractivity contribution >= 4 is 29.9 Å². The summed E-state index contributed by atoms with van der Waals surface area (Å²) in [6.45, 7) is 9.90. The van der Waals surface area contributed by atoms with Gasteiger partial charge in [0, 0.05) is 40.5 Å². The van der Waals surface area contributed by atoms with Crippen LogP contribution in [0.3, 0.4) is 0 Å². The second-order valence-corrected chi connectivity index (χ2v) is 5.51. The smallest absolute Gasteiger partial charge is 0.190 e. The lowest BCUT2D eigenvalue weighted by atomic mass is 10.0. The third kappa shape index (κ3) is 13.6. The molecule has 0 bridgehead atoms. The van der Waals surface area contributed by atoms with Gasteiger partial charge in [0.2, 0.25) is 0 Å². The number of guanidine groups is 1. The summed E-state index contributed by atoms with van der Waals surface area (Å²) in [7, 11) is 3.55. The Balaban J connectivity index is 0. The van der Waals surface area contributed by atoms with Crippen molar-refractivity contribution in [2.24, 2.45) is 10.9 Å². The molecule has 0 amide bonds. The van der Waals surface area contributed by atoms with E-state index in [9.17, 15) is 0 Å². The Bertz CT molecular complexity index is 264. The summed E-state index contributed by atoms with van der Waals surface area (Å²) in [5.74, 6) is 1.42. The molecule has 2 N–H and O–H groups in total. The maximum atomic E-state index is 5.74. The summed E-state index contributed by atoms with van der Waals surface area (Å²) in [4.78, 5) is 4.24. The van der Waals surface area contributed by atoms with Crippen LogP contribution in [-0.2, 0) is 9.47 Å². The molecule has 1 atom stereocenters. The summed E-state index contributed by atoms with van der Waals surface area (Å²) in [5.41, 5.74) is 0. The predicted octanol–water partition coefficient (Wildman–Crippen LogP) is 3.04. The van der Waals surface area contributed by atoms with Crippen molar-refractivity contribution in [1.29, 1.82) is 0 Å². The van der Waals surface area contributed by atoms with Crippen LogP contribution < -0.4 is 10.6 Å². The summed E-state index contributed by atoms with van der Waals surface area (Å²) < 4.78 is 10.8. The molecule has 0 saturated heterocycles. The molecular weight excluding hydrogens is 393 g/mol. The Morgan fingerprint density at radius 1 is 1.09 bits per heavy atom. The molecule has 5 nitrogen and oxygen atoms in total. The second-order valence-electron chi connectivity index (χ2n) is 5.51. The highest BCUT2D eigenvalue weighted by Gasteiger charge is 2.12. The second kappa shape index (κ2) is 17.3. The Hall–Kier alpha value is -0.0800. The average Bonchev–Trinajstić information content (AvgIpc) is 2.47. The van der Waals surface area contributed by atoms with Crippen LogP contribution in [-0.4, -0.2) is 52.5 Å². The number of ether oxygens (including phenoxy) is 2. The summed E-state index contributed by atoms with van der Waals surface area (Å²) in [6.07, 6.45) is 4.75. The number of nitrogens with zero attached hydrogens (tertiary/aromatic N) is 1. The highest BCUT2D eigenvalue weighted by Crippen LogP contribution is 2.09. The SMILES string of the molecule is CCOC(CCNC(=NC)NCCCCCOC)C(C)C.I. The number of aliphatic imine (C=N–C) groups is 1. The zero-order valence-corrected chi connectivity index (χ0v) is 17.3. The van der Waals surface area contributed by atoms with Crippen LogP contribution in [0.4, 0.5) is 0 Å². The molecule has 0 saturated carbocycles. The normalized spacial score (nSPS) is 12.9. The van der Waals surface area contributed by atoms with Gasteiger partial charge < -0.3 is 20.1 Å². The van der Waals surface area contributed by atoms with Crippen molar-refractivity contribution in [3.8, 4) is 0 Å². The molecule has 0 aliphatic heterocycles. The fourth-order valence-corrected chi connectivity index (χ4v) is 2.13. The van der Waals surface area contributed by atoms with Gasteiger partial charge in [-0.1, -0.05) is 13.8 Å². The van der Waals surface area contributed by atoms with Crippen molar-refractivity contribution in [2.45, 2.75) is 52.6 Å². The van der Waals surface area contributed by atoms with Crippen LogP contribution in [0, 0.1) is 5.92 Å². The minimum Gasteiger partial charge on any atom is -0.385 e. The van der Waals surface area contributed by atoms with E-state index in [1.165, 1.54) is 6.42 Å². The van der Waals surface area contributed by atoms with Gasteiger partial charge in [0.05, 0.1) is 6.10 Å². The van der Waals surface area contributed by atoms with Gasteiger partial charge in [-0.3, -0.25) is 4.99 Å². The van der Waals surface area contributed by atoms with Crippen molar-refractivity contribution in [2.75, 3.05) is 40.5 Å². The predicted molar refractivity (Wildman–Crippen MR) is 105 cm³/mol. The van der Waals surface area contributed by atoms with Crippen molar-refractivity contribution in [3.05, 3.63) is 0 Å². The molecule has 0 fully saturated rings. The van der Waals surface area contributed by atoms with Crippen LogP contribution in [0.1, 0.15) is 46.5 Å². The van der Waals surface area contributed by atoms with E-state index in [1.807, 2.05) is 14.0 Å². The van der Waals surface area contributed by atoms with Gasteiger partial charge in [-0.2, -0.15) is 0 Å². The minimum absolute atomic E-state index is 0. The van der Waals surface area contributed by atoms with E-state index in [0.717, 1.165) is 51.5 Å². The zero-order valence-electron chi connectivity index (χ0n) is 15.0. The first-order chi connectivity index (χ1) is 10.2. The third-order valence-corrected chi connectivity index (χ3v) is 3.39. The van der Waals surface area contributed by atoms with Gasteiger partial charge in [-0.25, -0.2) is 0 Å². The Kier molecular flexibility index (Phi) is 19.0. The number of rotatable bonds is 12. The molecule has 0 aliphatic carbocycles. The van der Waals surface area contributed by atoms with E-state index in [1.54, 1.807) is 7.11 Å². The standard InChI is InChI=1S/C16H35N3O2.HI/c1-6-21-15(14(2)3)10-12-19-16(17-4)18-11-8-7-9-13-20-5;/h14-15H,6-13H2,1-5H3,(H2,17,18,19);1H. The van der Waals surface area contributed by atoms with Crippen molar-refractivity contribution in [1.82, 2.24) is 10.6 Å². The molecule has 22 heavy (non-hydrogen) atoms. The van der Waals surface area contributed by atoms with Crippen molar-refractivity contribution in [3.63, 3.8) is 0 Å². The Labute approximate surface area is 154 Å². The minimum atomic E-state index is 0. The van der Waals surface area contributed by atoms with Gasteiger partial charge in [0.25, 0.3) is 0 Å². The van der Waals surface area contributed by atoms with Crippen LogP contribution in [0.5, 0.6) is 0 Å². The number of unbranched alkanes of at least 4 members (excludes halogenated alkanes) is 2. The largest absolute Gasteiger partial charge is 0.385 e. The van der Waals surface area contributed by atoms with Gasteiger partial charge >= 0.3 is 0 Å². The van der Waals surface area contributed by atoms with Crippen LogP contribution in [0.25, 0.3) is 0 Å². The number of halogens is 1. The first-order valence-corrected chi connectivity index (χ1v) is 8.20. The fourth-order valence-electron chi connectivity index (χ4n) is 2.13. The van der Waals surface area contributed by atoms with E-state index in [-0.39, 0.29) is 24.0 Å². The molecule has 0 aromatic heterocycles. The number of hydrogen-bond donors (Lipinski definition) is 2. The first kappa shape index (κ1) is 24.2. The number of methoxy groups -OCH3 is 1. The van der Waals surface area contributed by atoms with E-state index >= 15 is 0 Å². The van der Waals surface area contributed by atoms with Gasteiger partial charge in [0.1, 0.15) is 0 Å². The highest BCUT2D eigenvalue weighted by molar-refractivity contribution is 14.0. The quantitative estimate of drug-likeness (QED) is 0.217. The van der Waals surface area contributed by atoms with Gasteiger partial charge in [-0.15, -0.1) is 24.0 Å². The number of nitrogens with one attached hydrogen (secondary N) is 2. The lowest BCUT2D eigenvalue weighted by Gasteiger charge is -2.21. The third-order valence-electron chi connectivity index (χ3n) is 3.39. The fraction of sp³-hybridized carbons (Fsp3) is 0.938. The first-order valence-electron chi connectivity index (χ1n) is 8.20. The molecule has 134 valence electrons. The molecule has 1 unspecified atom stereocenters. The molecule has 0 radical (unpaired) electrons. The zero-order chi connectivity index (χ0) is 15.9. The maximum absolute atomic E-state index is 5.74. The van der Waals surface area contributed by atoms with E-state index in [2.05, 4.69) is 29.5 Å². The average molecular weight is 429 g/mol. The van der Waals surface area contributed by atoms with E-state index < -0.39 is 0 Å². The molecule has 0 aromatic rings. The van der Waals surface area contributed by atoms with E-state index in [4.69, 9.17) is 9.47 Å².